The van der Waals surface area contributed by atoms with Gasteiger partial charge in [-0.3, -0.25) is 13.9 Å². The van der Waals surface area contributed by atoms with Crippen LogP contribution in [0.15, 0.2) is 77.7 Å². The van der Waals surface area contributed by atoms with Crippen molar-refractivity contribution in [3.05, 3.63) is 94.0 Å². The van der Waals surface area contributed by atoms with Gasteiger partial charge < -0.3 is 10.2 Å². The number of hydrogen-bond acceptors (Lipinski definition) is 4. The van der Waals surface area contributed by atoms with Gasteiger partial charge >= 0.3 is 0 Å². The lowest BCUT2D eigenvalue weighted by atomic mass is 10.1. The molecule has 1 atom stereocenters. The van der Waals surface area contributed by atoms with Crippen LogP contribution in [0.25, 0.3) is 0 Å². The third kappa shape index (κ3) is 7.77. The number of sulfonamides is 1. The molecule has 0 spiro atoms. The van der Waals surface area contributed by atoms with E-state index in [9.17, 15) is 18.0 Å². The topological polar surface area (TPSA) is 86.8 Å². The molecule has 0 aromatic heterocycles. The quantitative estimate of drug-likeness (QED) is 0.240. The number of hydrogen-bond donors (Lipinski definition) is 1. The van der Waals surface area contributed by atoms with Gasteiger partial charge in [0.05, 0.1) is 20.6 Å². The molecule has 3 aromatic carbocycles. The SMILES string of the molecule is CCCCNC(=O)C(C)N(Cc1ccc(Cl)c(Cl)c1)C(=O)CN(c1ccccc1CC)S(=O)(=O)c1ccccc1. The molecule has 0 fully saturated rings. The Morgan fingerprint density at radius 1 is 0.925 bits per heavy atom. The number of unbranched alkanes of at least 4 members (excludes halogenated alkanes) is 1. The van der Waals surface area contributed by atoms with Crippen LogP contribution in [0.4, 0.5) is 5.69 Å². The van der Waals surface area contributed by atoms with Gasteiger partial charge in [0.15, 0.2) is 0 Å². The molecule has 0 saturated heterocycles. The summed E-state index contributed by atoms with van der Waals surface area (Å²) in [5, 5.41) is 3.55. The van der Waals surface area contributed by atoms with Gasteiger partial charge in [0.25, 0.3) is 10.0 Å². The summed E-state index contributed by atoms with van der Waals surface area (Å²) in [6, 6.07) is 19.2. The summed E-state index contributed by atoms with van der Waals surface area (Å²) >= 11 is 12.3. The summed E-state index contributed by atoms with van der Waals surface area (Å²) < 4.78 is 29.0. The fourth-order valence-corrected chi connectivity index (χ4v) is 6.03. The molecule has 0 saturated carbocycles. The van der Waals surface area contributed by atoms with E-state index in [1.54, 1.807) is 55.5 Å². The molecule has 3 aromatic rings. The van der Waals surface area contributed by atoms with Crippen LogP contribution in [-0.4, -0.2) is 44.3 Å². The molecule has 0 bridgehead atoms. The molecule has 2 amide bonds. The molecule has 1 unspecified atom stereocenters. The number of nitrogens with one attached hydrogen (secondary N) is 1. The number of para-hydroxylation sites is 1. The number of anilines is 1. The summed E-state index contributed by atoms with van der Waals surface area (Å²) in [7, 11) is -4.12. The van der Waals surface area contributed by atoms with Gasteiger partial charge in [0.2, 0.25) is 11.8 Å². The average molecular weight is 605 g/mol. The first-order valence-electron chi connectivity index (χ1n) is 13.3. The standard InChI is InChI=1S/C30H35Cl2N3O4S/c1-4-6-18-33-30(37)22(3)34(20-23-16-17-26(31)27(32)19-23)29(36)21-35(28-15-11-10-12-24(28)5-2)40(38,39)25-13-8-7-9-14-25/h7-17,19,22H,4-6,18,20-21H2,1-3H3,(H,33,37). The van der Waals surface area contributed by atoms with E-state index in [0.717, 1.165) is 22.7 Å². The Morgan fingerprint density at radius 2 is 1.60 bits per heavy atom. The minimum atomic E-state index is -4.12. The fraction of sp³-hybridized carbons (Fsp3) is 0.333. The summed E-state index contributed by atoms with van der Waals surface area (Å²) in [6.45, 7) is 5.59. The molecule has 10 heteroatoms. The van der Waals surface area contributed by atoms with Crippen LogP contribution in [0.1, 0.15) is 44.7 Å². The number of benzene rings is 3. The van der Waals surface area contributed by atoms with Crippen LogP contribution in [0.2, 0.25) is 10.0 Å². The minimum absolute atomic E-state index is 0.0345. The third-order valence-electron chi connectivity index (χ3n) is 6.59. The number of aryl methyl sites for hydroxylation is 1. The Balaban J connectivity index is 2.04. The van der Waals surface area contributed by atoms with Crippen LogP contribution in [0.3, 0.4) is 0 Å². The highest BCUT2D eigenvalue weighted by Crippen LogP contribution is 2.29. The van der Waals surface area contributed by atoms with Gasteiger partial charge in [-0.2, -0.15) is 0 Å². The van der Waals surface area contributed by atoms with E-state index in [4.69, 9.17) is 23.2 Å². The second kappa shape index (κ2) is 14.5. The lowest BCUT2D eigenvalue weighted by Crippen LogP contribution is -2.51. The smallest absolute Gasteiger partial charge is 0.264 e. The molecule has 0 radical (unpaired) electrons. The van der Waals surface area contributed by atoms with Crippen molar-refractivity contribution in [3.8, 4) is 0 Å². The van der Waals surface area contributed by atoms with Gasteiger partial charge in [-0.25, -0.2) is 8.42 Å². The molecule has 3 rings (SSSR count). The van der Waals surface area contributed by atoms with Gasteiger partial charge in [0.1, 0.15) is 12.6 Å². The van der Waals surface area contributed by atoms with E-state index in [-0.39, 0.29) is 17.3 Å². The van der Waals surface area contributed by atoms with E-state index in [1.165, 1.54) is 17.0 Å². The second-order valence-corrected chi connectivity index (χ2v) is 12.1. The summed E-state index contributed by atoms with van der Waals surface area (Å²) in [5.41, 5.74) is 1.84. The first-order chi connectivity index (χ1) is 19.1. The predicted molar refractivity (Wildman–Crippen MR) is 161 cm³/mol. The van der Waals surface area contributed by atoms with Crippen LogP contribution >= 0.6 is 23.2 Å². The number of rotatable bonds is 13. The maximum absolute atomic E-state index is 14.0. The van der Waals surface area contributed by atoms with Crippen molar-refractivity contribution in [2.75, 3.05) is 17.4 Å². The van der Waals surface area contributed by atoms with Crippen molar-refractivity contribution in [2.45, 2.75) is 57.5 Å². The van der Waals surface area contributed by atoms with E-state index in [1.807, 2.05) is 26.0 Å². The normalized spacial score (nSPS) is 12.0. The van der Waals surface area contributed by atoms with Crippen molar-refractivity contribution in [1.29, 1.82) is 0 Å². The zero-order chi connectivity index (χ0) is 29.3. The Bertz CT molecular complexity index is 1420. The molecule has 1 N–H and O–H groups in total. The Labute approximate surface area is 247 Å². The molecule has 7 nitrogen and oxygen atoms in total. The van der Waals surface area contributed by atoms with Crippen molar-refractivity contribution in [2.24, 2.45) is 0 Å². The summed E-state index contributed by atoms with van der Waals surface area (Å²) in [4.78, 5) is 28.5. The van der Waals surface area contributed by atoms with Crippen molar-refractivity contribution in [1.82, 2.24) is 10.2 Å². The average Bonchev–Trinajstić information content (AvgIpc) is 2.96. The minimum Gasteiger partial charge on any atom is -0.354 e. The second-order valence-electron chi connectivity index (χ2n) is 9.40. The number of amides is 2. The molecule has 0 aliphatic rings. The van der Waals surface area contributed by atoms with Gasteiger partial charge in [0, 0.05) is 13.1 Å². The summed E-state index contributed by atoms with van der Waals surface area (Å²) in [5.74, 6) is -0.858. The largest absolute Gasteiger partial charge is 0.354 e. The summed E-state index contributed by atoms with van der Waals surface area (Å²) in [6.07, 6.45) is 2.27. The molecular weight excluding hydrogens is 569 g/mol. The predicted octanol–water partition coefficient (Wildman–Crippen LogP) is 6.08. The van der Waals surface area contributed by atoms with E-state index < -0.39 is 28.5 Å². The van der Waals surface area contributed by atoms with Gasteiger partial charge in [-0.1, -0.05) is 85.9 Å². The van der Waals surface area contributed by atoms with Crippen LogP contribution in [0.5, 0.6) is 0 Å². The highest BCUT2D eigenvalue weighted by Gasteiger charge is 2.33. The van der Waals surface area contributed by atoms with Crippen LogP contribution in [0, 0.1) is 0 Å². The molecule has 0 aliphatic heterocycles. The van der Waals surface area contributed by atoms with Gasteiger partial charge in [-0.15, -0.1) is 0 Å². The maximum Gasteiger partial charge on any atom is 0.264 e. The van der Waals surface area contributed by atoms with Gasteiger partial charge in [-0.05, 0) is 61.2 Å². The maximum atomic E-state index is 14.0. The third-order valence-corrected chi connectivity index (χ3v) is 9.10. The fourth-order valence-electron chi connectivity index (χ4n) is 4.24. The Morgan fingerprint density at radius 3 is 2.25 bits per heavy atom. The zero-order valence-electron chi connectivity index (χ0n) is 22.9. The van der Waals surface area contributed by atoms with Crippen LogP contribution < -0.4 is 9.62 Å². The molecular formula is C30H35Cl2N3O4S. The highest BCUT2D eigenvalue weighted by atomic mass is 35.5. The lowest BCUT2D eigenvalue weighted by Gasteiger charge is -2.32. The molecule has 214 valence electrons. The van der Waals surface area contributed by atoms with Crippen molar-refractivity contribution >= 4 is 50.7 Å². The monoisotopic (exact) mass is 603 g/mol. The van der Waals surface area contributed by atoms with Crippen molar-refractivity contribution < 1.29 is 18.0 Å². The number of halogens is 2. The molecule has 40 heavy (non-hydrogen) atoms. The van der Waals surface area contributed by atoms with E-state index in [2.05, 4.69) is 5.32 Å². The molecule has 0 aliphatic carbocycles. The Hall–Kier alpha value is -3.07. The molecule has 0 heterocycles. The van der Waals surface area contributed by atoms with Crippen LogP contribution in [-0.2, 0) is 32.6 Å². The first-order valence-corrected chi connectivity index (χ1v) is 15.5. The highest BCUT2D eigenvalue weighted by molar-refractivity contribution is 7.92. The number of carbonyl (C=O) groups excluding carboxylic acids is 2. The number of carbonyl (C=O) groups is 2. The lowest BCUT2D eigenvalue weighted by molar-refractivity contribution is -0.139. The zero-order valence-corrected chi connectivity index (χ0v) is 25.3. The van der Waals surface area contributed by atoms with E-state index in [0.29, 0.717) is 34.3 Å². The number of nitrogens with zero attached hydrogens (tertiary/aromatic N) is 2. The van der Waals surface area contributed by atoms with E-state index >= 15 is 0 Å². The van der Waals surface area contributed by atoms with Crippen molar-refractivity contribution in [3.63, 3.8) is 0 Å². The Kier molecular flexibility index (Phi) is 11.4. The first kappa shape index (κ1) is 31.5.